The molecule has 0 fully saturated rings. The molecular formula is C13H19NO7S. The van der Waals surface area contributed by atoms with Crippen molar-refractivity contribution in [3.63, 3.8) is 0 Å². The number of sulfonamides is 1. The zero-order valence-electron chi connectivity index (χ0n) is 12.6. The summed E-state index contributed by atoms with van der Waals surface area (Å²) in [6, 6.07) is 2.61. The van der Waals surface area contributed by atoms with Crippen molar-refractivity contribution < 1.29 is 32.5 Å². The molecule has 124 valence electrons. The van der Waals surface area contributed by atoms with Crippen LogP contribution in [0.25, 0.3) is 0 Å². The molecule has 0 radical (unpaired) electrons. The van der Waals surface area contributed by atoms with Crippen molar-refractivity contribution in [2.24, 2.45) is 0 Å². The maximum Gasteiger partial charge on any atom is 0.303 e. The minimum Gasteiger partial charge on any atom is -0.493 e. The monoisotopic (exact) mass is 333 g/mol. The molecule has 2 N–H and O–H groups in total. The van der Waals surface area contributed by atoms with Crippen LogP contribution >= 0.6 is 0 Å². The number of carboxylic acids is 1. The van der Waals surface area contributed by atoms with E-state index in [4.69, 9.17) is 19.3 Å². The van der Waals surface area contributed by atoms with Crippen LogP contribution in [0.15, 0.2) is 17.0 Å². The highest BCUT2D eigenvalue weighted by atomic mass is 32.2. The van der Waals surface area contributed by atoms with E-state index in [-0.39, 0.29) is 41.5 Å². The lowest BCUT2D eigenvalue weighted by Gasteiger charge is -2.14. The largest absolute Gasteiger partial charge is 0.493 e. The Bertz CT molecular complexity index is 602. The summed E-state index contributed by atoms with van der Waals surface area (Å²) in [5.74, 6) is -0.262. The maximum absolute atomic E-state index is 12.2. The molecule has 0 spiro atoms. The minimum absolute atomic E-state index is 0.0191. The van der Waals surface area contributed by atoms with Gasteiger partial charge < -0.3 is 19.3 Å². The Balaban J connectivity index is 3.01. The van der Waals surface area contributed by atoms with Gasteiger partial charge in [0.25, 0.3) is 0 Å². The van der Waals surface area contributed by atoms with Gasteiger partial charge in [0.15, 0.2) is 11.5 Å². The second-order valence-electron chi connectivity index (χ2n) is 4.26. The third kappa shape index (κ3) is 4.50. The van der Waals surface area contributed by atoms with Crippen molar-refractivity contribution in [2.45, 2.75) is 17.7 Å². The zero-order valence-corrected chi connectivity index (χ0v) is 13.4. The van der Waals surface area contributed by atoms with Gasteiger partial charge in [0, 0.05) is 25.1 Å². The first kappa shape index (κ1) is 18.1. The third-order valence-electron chi connectivity index (χ3n) is 2.81. The van der Waals surface area contributed by atoms with Crippen LogP contribution in [0.4, 0.5) is 0 Å². The van der Waals surface area contributed by atoms with Crippen LogP contribution in [0, 0.1) is 0 Å². The number of rotatable bonds is 9. The Morgan fingerprint density at radius 1 is 1.14 bits per heavy atom. The van der Waals surface area contributed by atoms with Crippen LogP contribution in [0.1, 0.15) is 12.8 Å². The molecule has 0 unspecified atom stereocenters. The van der Waals surface area contributed by atoms with E-state index in [0.29, 0.717) is 0 Å². The molecule has 0 saturated heterocycles. The highest BCUT2D eigenvalue weighted by molar-refractivity contribution is 7.89. The lowest BCUT2D eigenvalue weighted by molar-refractivity contribution is -0.137. The number of carbonyl (C=O) groups is 1. The first-order valence-electron chi connectivity index (χ1n) is 6.37. The summed E-state index contributed by atoms with van der Waals surface area (Å²) in [6.45, 7) is 0.0191. The highest BCUT2D eigenvalue weighted by Crippen LogP contribution is 2.39. The molecule has 0 atom stereocenters. The second-order valence-corrected chi connectivity index (χ2v) is 6.02. The van der Waals surface area contributed by atoms with Gasteiger partial charge in [0.2, 0.25) is 15.8 Å². The van der Waals surface area contributed by atoms with Crippen molar-refractivity contribution in [3.05, 3.63) is 12.1 Å². The van der Waals surface area contributed by atoms with Gasteiger partial charge in [-0.3, -0.25) is 4.79 Å². The quantitative estimate of drug-likeness (QED) is 0.645. The standard InChI is InChI=1S/C13H19NO7S/c1-19-10-7-9(8-11(20-2)13(10)21-3)22(17,18)14-6-4-5-12(15)16/h7-8,14H,4-6H2,1-3H3,(H,15,16). The molecule has 0 aliphatic rings. The molecule has 22 heavy (non-hydrogen) atoms. The molecule has 9 heteroatoms. The molecule has 1 aromatic carbocycles. The van der Waals surface area contributed by atoms with Gasteiger partial charge in [-0.2, -0.15) is 0 Å². The summed E-state index contributed by atoms with van der Waals surface area (Å²) in [5.41, 5.74) is 0. The maximum atomic E-state index is 12.2. The van der Waals surface area contributed by atoms with Gasteiger partial charge in [0.1, 0.15) is 0 Å². The summed E-state index contributed by atoms with van der Waals surface area (Å²) in [5, 5.41) is 8.53. The topological polar surface area (TPSA) is 111 Å². The SMILES string of the molecule is COc1cc(S(=O)(=O)NCCCC(=O)O)cc(OC)c1OC. The van der Waals surface area contributed by atoms with E-state index < -0.39 is 16.0 Å². The lowest BCUT2D eigenvalue weighted by atomic mass is 10.3. The Kier molecular flexibility index (Phi) is 6.44. The normalized spacial score (nSPS) is 11.0. The molecule has 0 saturated carbocycles. The van der Waals surface area contributed by atoms with Gasteiger partial charge in [-0.05, 0) is 6.42 Å². The molecular weight excluding hydrogens is 314 g/mol. The van der Waals surface area contributed by atoms with Crippen molar-refractivity contribution in [1.29, 1.82) is 0 Å². The van der Waals surface area contributed by atoms with Crippen LogP contribution in [-0.2, 0) is 14.8 Å². The van der Waals surface area contributed by atoms with Crippen LogP contribution in [0.5, 0.6) is 17.2 Å². The predicted octanol–water partition coefficient (Wildman–Crippen LogP) is 0.855. The fourth-order valence-electron chi connectivity index (χ4n) is 1.74. The summed E-state index contributed by atoms with van der Waals surface area (Å²) in [4.78, 5) is 10.3. The van der Waals surface area contributed by atoms with Gasteiger partial charge in [-0.1, -0.05) is 0 Å². The van der Waals surface area contributed by atoms with Gasteiger partial charge in [-0.25, -0.2) is 13.1 Å². The average molecular weight is 333 g/mol. The second kappa shape index (κ2) is 7.85. The molecule has 0 amide bonds. The van der Waals surface area contributed by atoms with E-state index in [1.54, 1.807) is 0 Å². The van der Waals surface area contributed by atoms with Crippen LogP contribution < -0.4 is 18.9 Å². The van der Waals surface area contributed by atoms with Crippen LogP contribution in [0.3, 0.4) is 0 Å². The zero-order chi connectivity index (χ0) is 16.8. The molecule has 0 heterocycles. The average Bonchev–Trinajstić information content (AvgIpc) is 2.49. The molecule has 0 aliphatic heterocycles. The molecule has 0 aliphatic carbocycles. The number of aliphatic carboxylic acids is 1. The van der Waals surface area contributed by atoms with E-state index in [1.165, 1.54) is 33.5 Å². The Morgan fingerprint density at radius 2 is 1.68 bits per heavy atom. The first-order chi connectivity index (χ1) is 10.4. The van der Waals surface area contributed by atoms with Crippen molar-refractivity contribution in [3.8, 4) is 17.2 Å². The minimum atomic E-state index is -3.81. The smallest absolute Gasteiger partial charge is 0.303 e. The number of carboxylic acid groups (broad SMARTS) is 1. The molecule has 0 bridgehead atoms. The van der Waals surface area contributed by atoms with E-state index in [2.05, 4.69) is 4.72 Å². The van der Waals surface area contributed by atoms with E-state index in [0.717, 1.165) is 0 Å². The molecule has 0 aromatic heterocycles. The Hall–Kier alpha value is -2.00. The number of methoxy groups -OCH3 is 3. The number of hydrogen-bond acceptors (Lipinski definition) is 6. The van der Waals surface area contributed by atoms with Gasteiger partial charge in [0.05, 0.1) is 26.2 Å². The molecule has 1 rings (SSSR count). The van der Waals surface area contributed by atoms with E-state index in [1.807, 2.05) is 0 Å². The number of hydrogen-bond donors (Lipinski definition) is 2. The first-order valence-corrected chi connectivity index (χ1v) is 7.85. The summed E-state index contributed by atoms with van der Waals surface area (Å²) in [7, 11) is 0.374. The fraction of sp³-hybridized carbons (Fsp3) is 0.462. The highest BCUT2D eigenvalue weighted by Gasteiger charge is 2.21. The summed E-state index contributed by atoms with van der Waals surface area (Å²) in [6.07, 6.45) is 0.0801. The van der Waals surface area contributed by atoms with Crippen molar-refractivity contribution in [1.82, 2.24) is 4.72 Å². The number of benzene rings is 1. The fourth-order valence-corrected chi connectivity index (χ4v) is 2.85. The van der Waals surface area contributed by atoms with Gasteiger partial charge in [-0.15, -0.1) is 0 Å². The molecule has 8 nitrogen and oxygen atoms in total. The third-order valence-corrected chi connectivity index (χ3v) is 4.25. The van der Waals surface area contributed by atoms with Crippen LogP contribution in [0.2, 0.25) is 0 Å². The predicted molar refractivity (Wildman–Crippen MR) is 78.2 cm³/mol. The van der Waals surface area contributed by atoms with Gasteiger partial charge >= 0.3 is 5.97 Å². The van der Waals surface area contributed by atoms with E-state index in [9.17, 15) is 13.2 Å². The summed E-state index contributed by atoms with van der Waals surface area (Å²) >= 11 is 0. The van der Waals surface area contributed by atoms with Crippen molar-refractivity contribution in [2.75, 3.05) is 27.9 Å². The van der Waals surface area contributed by atoms with Crippen molar-refractivity contribution >= 4 is 16.0 Å². The van der Waals surface area contributed by atoms with E-state index >= 15 is 0 Å². The van der Waals surface area contributed by atoms with Crippen LogP contribution in [-0.4, -0.2) is 47.4 Å². The summed E-state index contributed by atoms with van der Waals surface area (Å²) < 4.78 is 42.0. The number of ether oxygens (including phenoxy) is 3. The number of nitrogens with one attached hydrogen (secondary N) is 1. The Labute approximate surface area is 129 Å². The molecule has 1 aromatic rings. The Morgan fingerprint density at radius 3 is 2.09 bits per heavy atom. The lowest BCUT2D eigenvalue weighted by Crippen LogP contribution is -2.25.